The minimum atomic E-state index is 0.125. The van der Waals surface area contributed by atoms with Gasteiger partial charge in [0, 0.05) is 0 Å². The molecule has 0 bridgehead atoms. The summed E-state index contributed by atoms with van der Waals surface area (Å²) in [6.45, 7) is 0. The Kier molecular flexibility index (Phi) is 355. The molecule has 0 aromatic rings. The van der Waals surface area contributed by atoms with Crippen molar-refractivity contribution in [2.75, 3.05) is 0 Å². The summed E-state index contributed by atoms with van der Waals surface area (Å²) in [6, 6.07) is 0. The Morgan fingerprint density at radius 3 is 1.17 bits per heavy atom. The fourth-order valence-electron chi connectivity index (χ4n) is 0. The van der Waals surface area contributed by atoms with E-state index in [-0.39, 0.29) is 18.3 Å². The van der Waals surface area contributed by atoms with E-state index in [1.165, 1.54) is 0 Å². The van der Waals surface area contributed by atoms with Crippen LogP contribution >= 0.6 is 0 Å². The van der Waals surface area contributed by atoms with Gasteiger partial charge in [-0.2, -0.15) is 0 Å². The van der Waals surface area contributed by atoms with Crippen molar-refractivity contribution in [2.24, 2.45) is 0 Å². The van der Waals surface area contributed by atoms with Crippen LogP contribution in [0.25, 0.3) is 0 Å². The molecule has 0 aliphatic carbocycles. The van der Waals surface area contributed by atoms with Crippen LogP contribution in [-0.4, -0.2) is 16.2 Å². The molecule has 0 spiro atoms. The molecule has 0 saturated carbocycles. The maximum absolute atomic E-state index is 8.38. The molecule has 0 atom stereocenters. The monoisotopic (exact) mass is 203 g/mol. The van der Waals surface area contributed by atoms with E-state index >= 15 is 0 Å². The predicted octanol–water partition coefficient (Wildman–Crippen LogP) is -1.01. The van der Waals surface area contributed by atoms with Crippen molar-refractivity contribution >= 4 is 16.2 Å². The number of hydrogen-bond acceptors (Lipinski definition) is 3. The summed E-state index contributed by atoms with van der Waals surface area (Å²) in [5.74, 6) is 0. The summed E-state index contributed by atoms with van der Waals surface area (Å²) >= 11 is 3.67. The van der Waals surface area contributed by atoms with Crippen LogP contribution in [0.5, 0.6) is 0 Å². The zero-order valence-corrected chi connectivity index (χ0v) is 8.26. The molecule has 0 aliphatic rings. The van der Waals surface area contributed by atoms with Gasteiger partial charge in [0.2, 0.25) is 0 Å². The second-order valence-corrected chi connectivity index (χ2v) is 0. The van der Waals surface area contributed by atoms with Gasteiger partial charge in [-0.1, -0.05) is 0 Å². The third-order valence-electron chi connectivity index (χ3n) is 0. The fourth-order valence-corrected chi connectivity index (χ4v) is 0. The average Bonchev–Trinajstić information content (AvgIpc) is 1.81. The molecule has 0 amide bonds. The molecular weight excluding hydrogens is 204 g/mol. The van der Waals surface area contributed by atoms with Gasteiger partial charge in [-0.05, 0) is 0 Å². The van der Waals surface area contributed by atoms with Crippen molar-refractivity contribution in [1.82, 2.24) is 0 Å². The van der Waals surface area contributed by atoms with E-state index in [2.05, 4.69) is 15.9 Å². The summed E-state index contributed by atoms with van der Waals surface area (Å²) in [7, 11) is 0. The van der Waals surface area contributed by atoms with Gasteiger partial charge >= 0.3 is 61.6 Å². The van der Waals surface area contributed by atoms with Crippen LogP contribution < -0.4 is 0 Å². The van der Waals surface area contributed by atoms with Gasteiger partial charge in [0.25, 0.3) is 0 Å². The van der Waals surface area contributed by atoms with E-state index in [1.54, 1.807) is 0 Å². The average molecular weight is 205 g/mol. The van der Waals surface area contributed by atoms with Gasteiger partial charge in [0.15, 0.2) is 0 Å². The van der Waals surface area contributed by atoms with Crippen LogP contribution in [0.15, 0.2) is 0 Å². The molecule has 0 unspecified atom stereocenters. The third-order valence-corrected chi connectivity index (χ3v) is 0. The first kappa shape index (κ1) is 15.7. The Bertz CT molecular complexity index is 15.5. The molecule has 35 valence electrons. The molecule has 0 heterocycles. The van der Waals surface area contributed by atoms with Crippen LogP contribution in [0.1, 0.15) is 0 Å². The number of rotatable bonds is 0. The second-order valence-electron chi connectivity index (χ2n) is 0. The van der Waals surface area contributed by atoms with Crippen molar-refractivity contribution in [3.05, 3.63) is 0 Å². The van der Waals surface area contributed by atoms with Gasteiger partial charge in [-0.3, -0.25) is 0 Å². The molecule has 0 aromatic carbocycles. The molecule has 0 radical (unpaired) electrons. The summed E-state index contributed by atoms with van der Waals surface area (Å²) < 4.78 is 24.5. The molecule has 0 rings (SSSR count). The van der Waals surface area contributed by atoms with Gasteiger partial charge in [0.05, 0.1) is 0 Å². The Balaban J connectivity index is -0.0000000225. The summed E-state index contributed by atoms with van der Waals surface area (Å²) in [4.78, 5) is 0. The van der Waals surface area contributed by atoms with E-state index in [1.807, 2.05) is 0 Å². The van der Waals surface area contributed by atoms with Crippen molar-refractivity contribution in [3.63, 3.8) is 0 Å². The Labute approximate surface area is 61.5 Å². The summed E-state index contributed by atoms with van der Waals surface area (Å²) in [6.07, 6.45) is 0. The molecule has 0 saturated heterocycles. The van der Waals surface area contributed by atoms with E-state index < -0.39 is 0 Å². The Morgan fingerprint density at radius 1 is 1.17 bits per heavy atom. The first-order valence-corrected chi connectivity index (χ1v) is 2.87. The van der Waals surface area contributed by atoms with Gasteiger partial charge in [0.1, 0.15) is 0 Å². The topological polar surface area (TPSA) is 51.2 Å². The standard InChI is InChI=1S/Al.Cu.3O.Zn.H. The van der Waals surface area contributed by atoms with Gasteiger partial charge < -0.3 is 0 Å². The number of hydrogen-bond donors (Lipinski definition) is 0. The summed E-state index contributed by atoms with van der Waals surface area (Å²) in [5, 5.41) is 0. The van der Waals surface area contributed by atoms with Crippen LogP contribution in [0.4, 0.5) is 0 Å². The fraction of sp³-hybridized carbons (Fsp3) is 0. The first-order valence-electron chi connectivity index (χ1n) is 0.700. The normalized spacial score (nSPS) is 2.50. The molecule has 6 heteroatoms. The molecule has 3 nitrogen and oxygen atoms in total. The van der Waals surface area contributed by atoms with Crippen LogP contribution in [0, 0.1) is 0 Å². The Hall–Kier alpha value is 1.08. The van der Waals surface area contributed by atoms with E-state index in [0.717, 1.165) is 0 Å². The molecular formula is HAlCuO3Zn. The van der Waals surface area contributed by atoms with E-state index in [9.17, 15) is 0 Å². The van der Waals surface area contributed by atoms with Crippen LogP contribution in [0.3, 0.4) is 0 Å². The van der Waals surface area contributed by atoms with E-state index in [4.69, 9.17) is 11.2 Å². The molecule has 0 fully saturated rings. The van der Waals surface area contributed by atoms with Gasteiger partial charge in [-0.25, -0.2) is 0 Å². The van der Waals surface area contributed by atoms with Gasteiger partial charge in [-0.15, -0.1) is 0 Å². The van der Waals surface area contributed by atoms with Crippen molar-refractivity contribution < 1.29 is 45.4 Å². The predicted molar refractivity (Wildman–Crippen MR) is 9.21 cm³/mol. The van der Waals surface area contributed by atoms with Crippen molar-refractivity contribution in [1.29, 1.82) is 0 Å². The second kappa shape index (κ2) is 135. The molecule has 0 aliphatic heterocycles. The zero-order valence-electron chi connectivity index (χ0n) is 2.94. The van der Waals surface area contributed by atoms with Crippen molar-refractivity contribution in [2.45, 2.75) is 0 Å². The SMILES string of the molecule is [O]=[AlH].[O]=[Cu].[O]=[Zn]. The van der Waals surface area contributed by atoms with Crippen LogP contribution in [0.2, 0.25) is 0 Å². The maximum atomic E-state index is 8.38. The zero-order chi connectivity index (χ0) is 6.00. The minimum absolute atomic E-state index is 0.125. The van der Waals surface area contributed by atoms with Crippen molar-refractivity contribution in [3.8, 4) is 0 Å². The van der Waals surface area contributed by atoms with Crippen LogP contribution in [-0.2, 0) is 45.4 Å². The quantitative estimate of drug-likeness (QED) is 0.476. The Morgan fingerprint density at radius 2 is 1.17 bits per heavy atom. The molecule has 6 heavy (non-hydrogen) atoms. The molecule has 0 aromatic heterocycles. The summed E-state index contributed by atoms with van der Waals surface area (Å²) in [5.41, 5.74) is 0. The van der Waals surface area contributed by atoms with E-state index in [0.29, 0.717) is 16.2 Å². The first-order chi connectivity index (χ1) is 3.00. The third kappa shape index (κ3) is 72.9. The molecule has 0 N–H and O–H groups in total.